The van der Waals surface area contributed by atoms with Crippen molar-refractivity contribution in [2.24, 2.45) is 5.41 Å². The van der Waals surface area contributed by atoms with Gasteiger partial charge in [0.1, 0.15) is 0 Å². The molecule has 1 N–H and O–H groups in total. The fourth-order valence-corrected chi connectivity index (χ4v) is 1.55. The second-order valence-corrected chi connectivity index (χ2v) is 4.80. The van der Waals surface area contributed by atoms with Gasteiger partial charge in [-0.25, -0.2) is 4.79 Å². The molecule has 0 amide bonds. The zero-order valence-corrected chi connectivity index (χ0v) is 11.6. The van der Waals surface area contributed by atoms with E-state index in [1.54, 1.807) is 32.0 Å². The fourth-order valence-electron chi connectivity index (χ4n) is 1.55. The maximum absolute atomic E-state index is 11.5. The Morgan fingerprint density at radius 2 is 1.89 bits per heavy atom. The number of hydrogen-bond donors (Lipinski definition) is 1. The lowest BCUT2D eigenvalue weighted by atomic mass is 9.93. The molecule has 19 heavy (non-hydrogen) atoms. The van der Waals surface area contributed by atoms with Gasteiger partial charge in [0.15, 0.2) is 0 Å². The number of hydrogen-bond acceptors (Lipinski definition) is 5. The molecule has 1 aromatic rings. The average molecular weight is 265 g/mol. The summed E-state index contributed by atoms with van der Waals surface area (Å²) in [6, 6.07) is 6.92. The third-order valence-corrected chi connectivity index (χ3v) is 2.76. The largest absolute Gasteiger partial charge is 0.469 e. The van der Waals surface area contributed by atoms with Crippen molar-refractivity contribution in [2.75, 3.05) is 26.1 Å². The predicted octanol–water partition coefficient (Wildman–Crippen LogP) is 2.08. The van der Waals surface area contributed by atoms with Gasteiger partial charge in [-0.3, -0.25) is 4.79 Å². The zero-order valence-electron chi connectivity index (χ0n) is 11.6. The van der Waals surface area contributed by atoms with Crippen molar-refractivity contribution >= 4 is 17.6 Å². The lowest BCUT2D eigenvalue weighted by molar-refractivity contribution is -0.149. The summed E-state index contributed by atoms with van der Waals surface area (Å²) in [4.78, 5) is 22.9. The second kappa shape index (κ2) is 6.22. The van der Waals surface area contributed by atoms with Crippen molar-refractivity contribution in [1.29, 1.82) is 0 Å². The number of nitrogens with one attached hydrogen (secondary N) is 1. The monoisotopic (exact) mass is 265 g/mol. The quantitative estimate of drug-likeness (QED) is 0.826. The SMILES string of the molecule is COC(=O)c1cccc(NCC(C)(C)C(=O)OC)c1. The Morgan fingerprint density at radius 3 is 2.47 bits per heavy atom. The summed E-state index contributed by atoms with van der Waals surface area (Å²) in [6.45, 7) is 3.98. The summed E-state index contributed by atoms with van der Waals surface area (Å²) in [5.41, 5.74) is 0.569. The molecule has 5 heteroatoms. The molecule has 104 valence electrons. The highest BCUT2D eigenvalue weighted by Gasteiger charge is 2.28. The molecule has 0 heterocycles. The first-order chi connectivity index (χ1) is 8.90. The Kier molecular flexibility index (Phi) is 4.92. The van der Waals surface area contributed by atoms with Crippen LogP contribution >= 0.6 is 0 Å². The van der Waals surface area contributed by atoms with Gasteiger partial charge in [-0.05, 0) is 32.0 Å². The van der Waals surface area contributed by atoms with Gasteiger partial charge < -0.3 is 14.8 Å². The summed E-state index contributed by atoms with van der Waals surface area (Å²) in [5.74, 6) is -0.681. The van der Waals surface area contributed by atoms with Gasteiger partial charge in [0.05, 0.1) is 25.2 Å². The van der Waals surface area contributed by atoms with Gasteiger partial charge >= 0.3 is 11.9 Å². The minimum Gasteiger partial charge on any atom is -0.469 e. The van der Waals surface area contributed by atoms with E-state index >= 15 is 0 Å². The van der Waals surface area contributed by atoms with Crippen molar-refractivity contribution in [3.63, 3.8) is 0 Å². The fraction of sp³-hybridized carbons (Fsp3) is 0.429. The van der Waals surface area contributed by atoms with Gasteiger partial charge in [-0.1, -0.05) is 6.07 Å². The lowest BCUT2D eigenvalue weighted by Crippen LogP contribution is -2.33. The molecule has 0 atom stereocenters. The van der Waals surface area contributed by atoms with Crippen LogP contribution in [0.4, 0.5) is 5.69 Å². The second-order valence-electron chi connectivity index (χ2n) is 4.80. The van der Waals surface area contributed by atoms with Gasteiger partial charge in [0, 0.05) is 12.2 Å². The number of esters is 2. The molecule has 1 rings (SSSR count). The van der Waals surface area contributed by atoms with E-state index in [0.717, 1.165) is 5.69 Å². The van der Waals surface area contributed by atoms with Crippen LogP contribution in [0.1, 0.15) is 24.2 Å². The molecule has 0 bridgehead atoms. The van der Waals surface area contributed by atoms with E-state index < -0.39 is 11.4 Å². The number of anilines is 1. The number of methoxy groups -OCH3 is 2. The third-order valence-electron chi connectivity index (χ3n) is 2.76. The van der Waals surface area contributed by atoms with E-state index in [0.29, 0.717) is 12.1 Å². The molecule has 1 aromatic carbocycles. The normalized spacial score (nSPS) is 10.7. The maximum atomic E-state index is 11.5. The van der Waals surface area contributed by atoms with Crippen molar-refractivity contribution in [2.45, 2.75) is 13.8 Å². The minimum absolute atomic E-state index is 0.288. The number of benzene rings is 1. The summed E-state index contributed by atoms with van der Waals surface area (Å²) >= 11 is 0. The van der Waals surface area contributed by atoms with Crippen LogP contribution < -0.4 is 5.32 Å². The molecule has 0 aliphatic heterocycles. The van der Waals surface area contributed by atoms with Crippen molar-refractivity contribution in [3.05, 3.63) is 29.8 Å². The van der Waals surface area contributed by atoms with Crippen LogP contribution in [-0.2, 0) is 14.3 Å². The molecule has 0 radical (unpaired) electrons. The number of carbonyl (C=O) groups excluding carboxylic acids is 2. The molecule has 0 aromatic heterocycles. The molecule has 0 saturated carbocycles. The number of ether oxygens (including phenoxy) is 2. The van der Waals surface area contributed by atoms with Crippen LogP contribution in [0.3, 0.4) is 0 Å². The number of rotatable bonds is 5. The Hall–Kier alpha value is -2.04. The van der Waals surface area contributed by atoms with Crippen LogP contribution in [0.5, 0.6) is 0 Å². The van der Waals surface area contributed by atoms with Gasteiger partial charge in [0.2, 0.25) is 0 Å². The summed E-state index contributed by atoms with van der Waals surface area (Å²) in [5, 5.41) is 3.11. The maximum Gasteiger partial charge on any atom is 0.337 e. The molecule has 0 saturated heterocycles. The third kappa shape index (κ3) is 3.98. The van der Waals surface area contributed by atoms with Crippen LogP contribution in [0.15, 0.2) is 24.3 Å². The van der Waals surface area contributed by atoms with E-state index in [-0.39, 0.29) is 5.97 Å². The highest BCUT2D eigenvalue weighted by molar-refractivity contribution is 5.90. The number of carbonyl (C=O) groups is 2. The Bertz CT molecular complexity index is 468. The molecule has 5 nitrogen and oxygen atoms in total. The predicted molar refractivity (Wildman–Crippen MR) is 72.1 cm³/mol. The first-order valence-electron chi connectivity index (χ1n) is 5.91. The summed E-state index contributed by atoms with van der Waals surface area (Å²) in [7, 11) is 2.70. The van der Waals surface area contributed by atoms with Crippen molar-refractivity contribution < 1.29 is 19.1 Å². The molecule has 0 aliphatic rings. The van der Waals surface area contributed by atoms with Gasteiger partial charge in [-0.2, -0.15) is 0 Å². The molecule has 0 spiro atoms. The minimum atomic E-state index is -0.643. The summed E-state index contributed by atoms with van der Waals surface area (Å²) < 4.78 is 9.38. The highest BCUT2D eigenvalue weighted by atomic mass is 16.5. The van der Waals surface area contributed by atoms with Gasteiger partial charge in [-0.15, -0.1) is 0 Å². The van der Waals surface area contributed by atoms with Crippen LogP contribution in [-0.4, -0.2) is 32.7 Å². The topological polar surface area (TPSA) is 64.6 Å². The molecule has 0 aliphatic carbocycles. The van der Waals surface area contributed by atoms with E-state index in [1.165, 1.54) is 14.2 Å². The lowest BCUT2D eigenvalue weighted by Gasteiger charge is -2.22. The first kappa shape index (κ1) is 15.0. The van der Waals surface area contributed by atoms with Crippen LogP contribution in [0, 0.1) is 5.41 Å². The van der Waals surface area contributed by atoms with Crippen molar-refractivity contribution in [3.8, 4) is 0 Å². The van der Waals surface area contributed by atoms with Crippen LogP contribution in [0.25, 0.3) is 0 Å². The highest BCUT2D eigenvalue weighted by Crippen LogP contribution is 2.19. The Morgan fingerprint density at radius 1 is 1.21 bits per heavy atom. The smallest absolute Gasteiger partial charge is 0.337 e. The first-order valence-corrected chi connectivity index (χ1v) is 5.91. The van der Waals surface area contributed by atoms with E-state index in [9.17, 15) is 9.59 Å². The Balaban J connectivity index is 2.73. The molecule has 0 fully saturated rings. The molecular weight excluding hydrogens is 246 g/mol. The van der Waals surface area contributed by atoms with Crippen LogP contribution in [0.2, 0.25) is 0 Å². The van der Waals surface area contributed by atoms with E-state index in [1.807, 2.05) is 6.07 Å². The Labute approximate surface area is 112 Å². The van der Waals surface area contributed by atoms with E-state index in [2.05, 4.69) is 10.1 Å². The van der Waals surface area contributed by atoms with E-state index in [4.69, 9.17) is 4.74 Å². The standard InChI is InChI=1S/C14H19NO4/c1-14(2,13(17)19-4)9-15-11-7-5-6-10(8-11)12(16)18-3/h5-8,15H,9H2,1-4H3. The van der Waals surface area contributed by atoms with Crippen molar-refractivity contribution in [1.82, 2.24) is 0 Å². The average Bonchev–Trinajstić information content (AvgIpc) is 2.43. The zero-order chi connectivity index (χ0) is 14.5. The molecular formula is C14H19NO4. The summed E-state index contributed by atoms with van der Waals surface area (Å²) in [6.07, 6.45) is 0. The molecule has 0 unspecified atom stereocenters. The van der Waals surface area contributed by atoms with Gasteiger partial charge in [0.25, 0.3) is 0 Å².